The van der Waals surface area contributed by atoms with Gasteiger partial charge in [0, 0.05) is 23.4 Å². The highest BCUT2D eigenvalue weighted by atomic mass is 35.5. The summed E-state index contributed by atoms with van der Waals surface area (Å²) in [5.41, 5.74) is 0.584. The number of carbonyl (C=O) groups is 2. The molecular weight excluding hydrogens is 265 g/mol. The largest absolute Gasteiger partial charge is 0.480 e. The van der Waals surface area contributed by atoms with E-state index in [0.717, 1.165) is 0 Å². The molecule has 17 heavy (non-hydrogen) atoms. The maximum atomic E-state index is 10.9. The normalized spacial score (nSPS) is 11.9. The van der Waals surface area contributed by atoms with Gasteiger partial charge < -0.3 is 10.4 Å². The lowest BCUT2D eigenvalue weighted by atomic mass is 10.1. The number of amides is 1. The molecule has 0 fully saturated rings. The summed E-state index contributed by atoms with van der Waals surface area (Å²) in [6.07, 6.45) is 0.0916. The van der Waals surface area contributed by atoms with Crippen molar-refractivity contribution in [1.29, 1.82) is 0 Å². The van der Waals surface area contributed by atoms with E-state index in [1.165, 1.54) is 6.92 Å². The molecule has 1 aromatic carbocycles. The number of hydrogen-bond donors (Lipinski definition) is 2. The van der Waals surface area contributed by atoms with Crippen molar-refractivity contribution < 1.29 is 14.7 Å². The summed E-state index contributed by atoms with van der Waals surface area (Å²) in [5, 5.41) is 12.2. The first-order chi connectivity index (χ1) is 7.90. The van der Waals surface area contributed by atoms with Gasteiger partial charge in [0.05, 0.1) is 0 Å². The lowest BCUT2D eigenvalue weighted by Crippen LogP contribution is -2.41. The van der Waals surface area contributed by atoms with Gasteiger partial charge in [0.25, 0.3) is 0 Å². The molecule has 0 saturated heterocycles. The van der Waals surface area contributed by atoms with Gasteiger partial charge in [-0.15, -0.1) is 0 Å². The standard InChI is InChI=1S/C11H11Cl2NO3/c1-6(15)14-10(11(16)17)5-7-4-8(12)2-3-9(7)13/h2-4,10H,5H2,1H3,(H,14,15)(H,16,17). The van der Waals surface area contributed by atoms with Crippen molar-refractivity contribution in [2.45, 2.75) is 19.4 Å². The second-order valence-corrected chi connectivity index (χ2v) is 4.37. The second-order valence-electron chi connectivity index (χ2n) is 3.53. The molecule has 1 rings (SSSR count). The first-order valence-electron chi connectivity index (χ1n) is 4.84. The number of carbonyl (C=O) groups excluding carboxylic acids is 1. The number of benzene rings is 1. The Bertz CT molecular complexity index is 448. The van der Waals surface area contributed by atoms with Crippen LogP contribution >= 0.6 is 23.2 Å². The van der Waals surface area contributed by atoms with E-state index in [2.05, 4.69) is 5.32 Å². The Morgan fingerprint density at radius 1 is 1.41 bits per heavy atom. The third-order valence-electron chi connectivity index (χ3n) is 2.11. The van der Waals surface area contributed by atoms with Crippen LogP contribution < -0.4 is 5.32 Å². The van der Waals surface area contributed by atoms with E-state index >= 15 is 0 Å². The van der Waals surface area contributed by atoms with Crippen LogP contribution in [0.2, 0.25) is 10.0 Å². The summed E-state index contributed by atoms with van der Waals surface area (Å²) in [7, 11) is 0. The molecule has 0 spiro atoms. The smallest absolute Gasteiger partial charge is 0.326 e. The topological polar surface area (TPSA) is 66.4 Å². The number of carboxylic acid groups (broad SMARTS) is 1. The van der Waals surface area contributed by atoms with E-state index in [4.69, 9.17) is 28.3 Å². The molecule has 0 aliphatic carbocycles. The fourth-order valence-electron chi connectivity index (χ4n) is 1.37. The number of halogens is 2. The van der Waals surface area contributed by atoms with Crippen molar-refractivity contribution in [3.63, 3.8) is 0 Å². The van der Waals surface area contributed by atoms with E-state index in [1.54, 1.807) is 18.2 Å². The highest BCUT2D eigenvalue weighted by Gasteiger charge is 2.20. The quantitative estimate of drug-likeness (QED) is 0.885. The molecule has 0 radical (unpaired) electrons. The van der Waals surface area contributed by atoms with Gasteiger partial charge in [0.2, 0.25) is 5.91 Å². The van der Waals surface area contributed by atoms with Gasteiger partial charge >= 0.3 is 5.97 Å². The Morgan fingerprint density at radius 3 is 2.59 bits per heavy atom. The fourth-order valence-corrected chi connectivity index (χ4v) is 1.75. The number of carboxylic acids is 1. The number of hydrogen-bond acceptors (Lipinski definition) is 2. The van der Waals surface area contributed by atoms with Gasteiger partial charge in [0.1, 0.15) is 6.04 Å². The zero-order valence-corrected chi connectivity index (χ0v) is 10.5. The van der Waals surface area contributed by atoms with Gasteiger partial charge in [-0.25, -0.2) is 4.79 Å². The second kappa shape index (κ2) is 5.89. The Hall–Kier alpha value is -1.26. The predicted molar refractivity (Wildman–Crippen MR) is 65.4 cm³/mol. The van der Waals surface area contributed by atoms with E-state index in [9.17, 15) is 9.59 Å². The van der Waals surface area contributed by atoms with Crippen LogP contribution in [0.1, 0.15) is 12.5 Å². The SMILES string of the molecule is CC(=O)NC(Cc1cc(Cl)ccc1Cl)C(=O)O. The van der Waals surface area contributed by atoms with Crippen molar-refractivity contribution in [2.24, 2.45) is 0 Å². The molecule has 1 amide bonds. The molecule has 92 valence electrons. The minimum atomic E-state index is -1.11. The van der Waals surface area contributed by atoms with Crippen LogP contribution in [-0.2, 0) is 16.0 Å². The molecule has 4 nitrogen and oxygen atoms in total. The summed E-state index contributed by atoms with van der Waals surface area (Å²) in [5.74, 6) is -1.52. The molecule has 1 aromatic rings. The molecule has 0 bridgehead atoms. The highest BCUT2D eigenvalue weighted by molar-refractivity contribution is 6.33. The highest BCUT2D eigenvalue weighted by Crippen LogP contribution is 2.21. The molecule has 0 aliphatic rings. The van der Waals surface area contributed by atoms with E-state index < -0.39 is 17.9 Å². The molecule has 0 heterocycles. The average Bonchev–Trinajstić information content (AvgIpc) is 2.21. The molecule has 0 aliphatic heterocycles. The molecule has 0 saturated carbocycles. The Balaban J connectivity index is 2.89. The van der Waals surface area contributed by atoms with Crippen LogP contribution in [0.5, 0.6) is 0 Å². The summed E-state index contributed by atoms with van der Waals surface area (Å²) >= 11 is 11.7. The summed E-state index contributed by atoms with van der Waals surface area (Å²) in [6, 6.07) is 3.78. The maximum absolute atomic E-state index is 10.9. The van der Waals surface area contributed by atoms with Gasteiger partial charge in [-0.3, -0.25) is 4.79 Å². The third-order valence-corrected chi connectivity index (χ3v) is 2.71. The van der Waals surface area contributed by atoms with Gasteiger partial charge in [-0.1, -0.05) is 23.2 Å². The van der Waals surface area contributed by atoms with Crippen LogP contribution in [-0.4, -0.2) is 23.0 Å². The van der Waals surface area contributed by atoms with Crippen molar-refractivity contribution >= 4 is 35.1 Å². The molecular formula is C11H11Cl2NO3. The zero-order chi connectivity index (χ0) is 13.0. The third kappa shape index (κ3) is 4.24. The van der Waals surface area contributed by atoms with Crippen molar-refractivity contribution in [2.75, 3.05) is 0 Å². The lowest BCUT2D eigenvalue weighted by molar-refractivity contribution is -0.141. The van der Waals surface area contributed by atoms with Gasteiger partial charge in [-0.05, 0) is 23.8 Å². The summed E-state index contributed by atoms with van der Waals surface area (Å²) in [4.78, 5) is 21.8. The Labute approximate surface area is 109 Å². The van der Waals surface area contributed by atoms with E-state index in [0.29, 0.717) is 15.6 Å². The van der Waals surface area contributed by atoms with Crippen LogP contribution in [0.25, 0.3) is 0 Å². The first-order valence-corrected chi connectivity index (χ1v) is 5.59. The number of aliphatic carboxylic acids is 1. The van der Waals surface area contributed by atoms with Crippen LogP contribution in [0.3, 0.4) is 0 Å². The molecule has 6 heteroatoms. The predicted octanol–water partition coefficient (Wildman–Crippen LogP) is 2.13. The number of rotatable bonds is 4. The number of nitrogens with one attached hydrogen (secondary N) is 1. The fraction of sp³-hybridized carbons (Fsp3) is 0.273. The van der Waals surface area contributed by atoms with Crippen molar-refractivity contribution in [3.05, 3.63) is 33.8 Å². The van der Waals surface area contributed by atoms with E-state index in [-0.39, 0.29) is 6.42 Å². The monoisotopic (exact) mass is 275 g/mol. The average molecular weight is 276 g/mol. The van der Waals surface area contributed by atoms with Crippen LogP contribution in [0.15, 0.2) is 18.2 Å². The summed E-state index contributed by atoms with van der Waals surface area (Å²) in [6.45, 7) is 1.26. The first kappa shape index (κ1) is 13.8. The Kier molecular flexibility index (Phi) is 4.78. The van der Waals surface area contributed by atoms with Crippen LogP contribution in [0, 0.1) is 0 Å². The zero-order valence-electron chi connectivity index (χ0n) is 9.04. The molecule has 1 atom stereocenters. The van der Waals surface area contributed by atoms with Gasteiger partial charge in [0.15, 0.2) is 0 Å². The molecule has 0 aromatic heterocycles. The molecule has 2 N–H and O–H groups in total. The minimum Gasteiger partial charge on any atom is -0.480 e. The maximum Gasteiger partial charge on any atom is 0.326 e. The lowest BCUT2D eigenvalue weighted by Gasteiger charge is -2.14. The van der Waals surface area contributed by atoms with E-state index in [1.807, 2.05) is 0 Å². The molecule has 1 unspecified atom stereocenters. The minimum absolute atomic E-state index is 0.0916. The van der Waals surface area contributed by atoms with Gasteiger partial charge in [-0.2, -0.15) is 0 Å². The van der Waals surface area contributed by atoms with Crippen LogP contribution in [0.4, 0.5) is 0 Å². The van der Waals surface area contributed by atoms with Crippen molar-refractivity contribution in [1.82, 2.24) is 5.32 Å². The van der Waals surface area contributed by atoms with Crippen molar-refractivity contribution in [3.8, 4) is 0 Å². The summed E-state index contributed by atoms with van der Waals surface area (Å²) < 4.78 is 0. The Morgan fingerprint density at radius 2 is 2.06 bits per heavy atom.